The van der Waals surface area contributed by atoms with Crippen molar-refractivity contribution in [1.82, 2.24) is 0 Å². The summed E-state index contributed by atoms with van der Waals surface area (Å²) in [5, 5.41) is 6.85. The highest BCUT2D eigenvalue weighted by molar-refractivity contribution is 6.39. The Morgan fingerprint density at radius 1 is 1.09 bits per heavy atom. The second-order valence-corrected chi connectivity index (χ2v) is 5.57. The fourth-order valence-corrected chi connectivity index (χ4v) is 2.51. The van der Waals surface area contributed by atoms with Gasteiger partial charge in [0.15, 0.2) is 0 Å². The first-order chi connectivity index (χ1) is 10.5. The van der Waals surface area contributed by atoms with Crippen LogP contribution < -0.4 is 15.4 Å². The number of nitrogens with one attached hydrogen (secondary N) is 2. The van der Waals surface area contributed by atoms with Gasteiger partial charge in [-0.15, -0.1) is 0 Å². The van der Waals surface area contributed by atoms with E-state index in [1.807, 2.05) is 0 Å². The monoisotopic (exact) mass is 358 g/mol. The van der Waals surface area contributed by atoms with E-state index < -0.39 is 0 Å². The number of para-hydroxylation sites is 1. The predicted octanol–water partition coefficient (Wildman–Crippen LogP) is 4.71. The van der Waals surface area contributed by atoms with Crippen LogP contribution in [0.5, 0.6) is 5.75 Å². The third-order valence-corrected chi connectivity index (χ3v) is 3.76. The first kappa shape index (κ1) is 16.7. The van der Waals surface area contributed by atoms with Gasteiger partial charge in [0.25, 0.3) is 0 Å². The van der Waals surface area contributed by atoms with Gasteiger partial charge in [-0.3, -0.25) is 4.79 Å². The van der Waals surface area contributed by atoms with Gasteiger partial charge < -0.3 is 15.4 Å². The molecule has 22 heavy (non-hydrogen) atoms. The number of amides is 1. The fourth-order valence-electron chi connectivity index (χ4n) is 1.76. The molecule has 4 nitrogen and oxygen atoms in total. The summed E-state index contributed by atoms with van der Waals surface area (Å²) in [5.41, 5.74) is 1.09. The summed E-state index contributed by atoms with van der Waals surface area (Å²) >= 11 is 18.0. The molecule has 0 radical (unpaired) electrons. The molecule has 0 spiro atoms. The van der Waals surface area contributed by atoms with Crippen LogP contribution in [0.2, 0.25) is 15.1 Å². The molecule has 0 saturated heterocycles. The van der Waals surface area contributed by atoms with Crippen LogP contribution in [0.15, 0.2) is 36.4 Å². The molecule has 0 atom stereocenters. The molecule has 116 valence electrons. The molecule has 0 aliphatic heterocycles. The van der Waals surface area contributed by atoms with Crippen LogP contribution in [0, 0.1) is 0 Å². The van der Waals surface area contributed by atoms with E-state index >= 15 is 0 Å². The van der Waals surface area contributed by atoms with Crippen LogP contribution in [-0.4, -0.2) is 19.6 Å². The van der Waals surface area contributed by atoms with Crippen molar-refractivity contribution >= 4 is 52.1 Å². The lowest BCUT2D eigenvalue weighted by Gasteiger charge is -2.11. The van der Waals surface area contributed by atoms with Crippen molar-refractivity contribution in [2.75, 3.05) is 24.3 Å². The molecule has 0 unspecified atom stereocenters. The Kier molecular flexibility index (Phi) is 5.77. The van der Waals surface area contributed by atoms with E-state index in [1.165, 1.54) is 7.11 Å². The third kappa shape index (κ3) is 4.19. The minimum atomic E-state index is -0.276. The Labute approximate surface area is 143 Å². The molecule has 0 bridgehead atoms. The van der Waals surface area contributed by atoms with Gasteiger partial charge in [0.2, 0.25) is 5.91 Å². The van der Waals surface area contributed by atoms with Gasteiger partial charge in [-0.2, -0.15) is 0 Å². The maximum absolute atomic E-state index is 11.9. The molecule has 7 heteroatoms. The van der Waals surface area contributed by atoms with E-state index in [9.17, 15) is 4.79 Å². The summed E-state index contributed by atoms with van der Waals surface area (Å²) in [6.07, 6.45) is 0. The smallest absolute Gasteiger partial charge is 0.243 e. The topological polar surface area (TPSA) is 50.4 Å². The number of methoxy groups -OCH3 is 1. The van der Waals surface area contributed by atoms with Crippen molar-refractivity contribution in [1.29, 1.82) is 0 Å². The van der Waals surface area contributed by atoms with Gasteiger partial charge in [0.05, 0.1) is 34.4 Å². The molecule has 2 rings (SSSR count). The summed E-state index contributed by atoms with van der Waals surface area (Å²) in [6, 6.07) is 10.2. The maximum atomic E-state index is 11.9. The quantitative estimate of drug-likeness (QED) is 0.813. The van der Waals surface area contributed by atoms with Crippen LogP contribution in [0.4, 0.5) is 11.4 Å². The van der Waals surface area contributed by atoms with Gasteiger partial charge in [0, 0.05) is 5.69 Å². The van der Waals surface area contributed by atoms with Crippen LogP contribution in [-0.2, 0) is 4.79 Å². The Morgan fingerprint density at radius 2 is 1.77 bits per heavy atom. The molecule has 2 aromatic rings. The average Bonchev–Trinajstić information content (AvgIpc) is 2.49. The average molecular weight is 360 g/mol. The van der Waals surface area contributed by atoms with Gasteiger partial charge in [-0.05, 0) is 30.3 Å². The first-order valence-corrected chi connectivity index (χ1v) is 7.46. The number of anilines is 2. The van der Waals surface area contributed by atoms with Crippen LogP contribution in [0.25, 0.3) is 0 Å². The minimum Gasteiger partial charge on any atom is -0.495 e. The lowest BCUT2D eigenvalue weighted by Crippen LogP contribution is -2.22. The van der Waals surface area contributed by atoms with E-state index in [0.717, 1.165) is 0 Å². The molecule has 0 saturated carbocycles. The van der Waals surface area contributed by atoms with Gasteiger partial charge in [-0.1, -0.05) is 40.9 Å². The van der Waals surface area contributed by atoms with Crippen LogP contribution in [0.1, 0.15) is 0 Å². The first-order valence-electron chi connectivity index (χ1n) is 6.32. The third-order valence-electron chi connectivity index (χ3n) is 2.83. The SMILES string of the molecule is COc1ccc(NCC(=O)Nc2c(Cl)cccc2Cl)cc1Cl. The normalized spacial score (nSPS) is 10.2. The molecule has 0 heterocycles. The van der Waals surface area contributed by atoms with Crippen molar-refractivity contribution in [3.05, 3.63) is 51.5 Å². The fraction of sp³-hybridized carbons (Fsp3) is 0.133. The van der Waals surface area contributed by atoms with Crippen molar-refractivity contribution in [3.63, 3.8) is 0 Å². The van der Waals surface area contributed by atoms with Crippen molar-refractivity contribution in [2.45, 2.75) is 0 Å². The van der Waals surface area contributed by atoms with E-state index in [-0.39, 0.29) is 12.5 Å². The lowest BCUT2D eigenvalue weighted by atomic mass is 10.3. The predicted molar refractivity (Wildman–Crippen MR) is 91.6 cm³/mol. The van der Waals surface area contributed by atoms with Gasteiger partial charge >= 0.3 is 0 Å². The lowest BCUT2D eigenvalue weighted by molar-refractivity contribution is -0.114. The molecule has 1 amide bonds. The summed E-state index contributed by atoms with van der Waals surface area (Å²) in [6.45, 7) is 0.0458. The summed E-state index contributed by atoms with van der Waals surface area (Å²) < 4.78 is 5.06. The van der Waals surface area contributed by atoms with E-state index in [1.54, 1.807) is 36.4 Å². The molecule has 0 aliphatic rings. The number of carbonyl (C=O) groups is 1. The number of hydrogen-bond acceptors (Lipinski definition) is 3. The largest absolute Gasteiger partial charge is 0.495 e. The molecule has 2 N–H and O–H groups in total. The molecular formula is C15H13Cl3N2O2. The summed E-state index contributed by atoms with van der Waals surface area (Å²) in [7, 11) is 1.54. The zero-order valence-corrected chi connectivity index (χ0v) is 13.9. The number of rotatable bonds is 5. The van der Waals surface area contributed by atoms with Gasteiger partial charge in [-0.25, -0.2) is 0 Å². The second-order valence-electron chi connectivity index (χ2n) is 4.35. The van der Waals surface area contributed by atoms with Crippen molar-refractivity contribution in [3.8, 4) is 5.75 Å². The standard InChI is InChI=1S/C15H13Cl3N2O2/c1-22-13-6-5-9(7-12(13)18)19-8-14(21)20-15-10(16)3-2-4-11(15)17/h2-7,19H,8H2,1H3,(H,20,21). The number of halogens is 3. The minimum absolute atomic E-state index is 0.0458. The van der Waals surface area contributed by atoms with E-state index in [4.69, 9.17) is 39.5 Å². The summed E-state index contributed by atoms with van der Waals surface area (Å²) in [4.78, 5) is 11.9. The molecule has 0 fully saturated rings. The van der Waals surface area contributed by atoms with Crippen molar-refractivity contribution < 1.29 is 9.53 Å². The maximum Gasteiger partial charge on any atom is 0.243 e. The molecule has 0 aromatic heterocycles. The van der Waals surface area contributed by atoms with Crippen LogP contribution >= 0.6 is 34.8 Å². The van der Waals surface area contributed by atoms with Gasteiger partial charge in [0.1, 0.15) is 5.75 Å². The van der Waals surface area contributed by atoms with Crippen molar-refractivity contribution in [2.24, 2.45) is 0 Å². The summed E-state index contributed by atoms with van der Waals surface area (Å²) in [5.74, 6) is 0.293. The molecule has 0 aliphatic carbocycles. The number of benzene rings is 2. The zero-order valence-electron chi connectivity index (χ0n) is 11.6. The highest BCUT2D eigenvalue weighted by Crippen LogP contribution is 2.30. The number of ether oxygens (including phenoxy) is 1. The Morgan fingerprint density at radius 3 is 2.36 bits per heavy atom. The van der Waals surface area contributed by atoms with E-state index in [2.05, 4.69) is 10.6 Å². The Hall–Kier alpha value is -1.62. The Balaban J connectivity index is 1.97. The Bertz CT molecular complexity index is 672. The number of hydrogen-bond donors (Lipinski definition) is 2. The van der Waals surface area contributed by atoms with Crippen LogP contribution in [0.3, 0.4) is 0 Å². The molecular weight excluding hydrogens is 347 g/mol. The number of carbonyl (C=O) groups excluding carboxylic acids is 1. The molecule has 2 aromatic carbocycles. The second kappa shape index (κ2) is 7.58. The zero-order chi connectivity index (χ0) is 16.1. The highest BCUT2D eigenvalue weighted by Gasteiger charge is 2.09. The highest BCUT2D eigenvalue weighted by atomic mass is 35.5. The van der Waals surface area contributed by atoms with E-state index in [0.29, 0.717) is 32.2 Å².